The fourth-order valence-electron chi connectivity index (χ4n) is 2.85. The standard InChI is InChI=1S/C20H23ClN6O/c1-13-4-9-17(28-3)14(10-13)11-27(2)12-18-24-19(22)26-20(25-18)23-16-7-5-15(21)6-8-16/h4-10H,11-12H2,1-3H3,(H3,22,23,24,25,26). The Bertz CT molecular complexity index is 948. The van der Waals surface area contributed by atoms with E-state index in [-0.39, 0.29) is 5.95 Å². The number of hydrogen-bond donors (Lipinski definition) is 2. The molecule has 0 bridgehead atoms. The third kappa shape index (κ3) is 5.31. The second-order valence-electron chi connectivity index (χ2n) is 6.55. The number of nitrogens with two attached hydrogens (primary N) is 1. The smallest absolute Gasteiger partial charge is 0.232 e. The third-order valence-corrected chi connectivity index (χ3v) is 4.34. The van der Waals surface area contributed by atoms with E-state index < -0.39 is 0 Å². The van der Waals surface area contributed by atoms with Crippen molar-refractivity contribution in [1.29, 1.82) is 0 Å². The van der Waals surface area contributed by atoms with Gasteiger partial charge in [0.25, 0.3) is 0 Å². The van der Waals surface area contributed by atoms with Crippen LogP contribution in [0.25, 0.3) is 0 Å². The van der Waals surface area contributed by atoms with Crippen molar-refractivity contribution in [2.24, 2.45) is 0 Å². The summed E-state index contributed by atoms with van der Waals surface area (Å²) in [7, 11) is 3.67. The molecule has 0 amide bonds. The number of aromatic nitrogens is 3. The molecule has 0 aliphatic rings. The summed E-state index contributed by atoms with van der Waals surface area (Å²) in [6.45, 7) is 3.26. The Hall–Kier alpha value is -2.90. The lowest BCUT2D eigenvalue weighted by molar-refractivity contribution is 0.302. The zero-order valence-electron chi connectivity index (χ0n) is 16.1. The Morgan fingerprint density at radius 2 is 1.82 bits per heavy atom. The molecule has 2 aromatic carbocycles. The van der Waals surface area contributed by atoms with E-state index in [0.717, 1.165) is 17.0 Å². The maximum atomic E-state index is 5.92. The summed E-state index contributed by atoms with van der Waals surface area (Å²) in [6.07, 6.45) is 0. The Balaban J connectivity index is 1.72. The zero-order chi connectivity index (χ0) is 20.1. The molecule has 0 spiro atoms. The number of benzene rings is 2. The molecule has 0 radical (unpaired) electrons. The normalized spacial score (nSPS) is 10.9. The van der Waals surface area contributed by atoms with E-state index in [0.29, 0.717) is 29.9 Å². The number of nitrogens with zero attached hydrogens (tertiary/aromatic N) is 4. The lowest BCUT2D eigenvalue weighted by atomic mass is 10.1. The van der Waals surface area contributed by atoms with Crippen LogP contribution in [0.1, 0.15) is 17.0 Å². The summed E-state index contributed by atoms with van der Waals surface area (Å²) in [5.74, 6) is 2.00. The minimum atomic E-state index is 0.169. The summed E-state index contributed by atoms with van der Waals surface area (Å²) in [5, 5.41) is 3.78. The molecule has 7 nitrogen and oxygen atoms in total. The Labute approximate surface area is 169 Å². The Morgan fingerprint density at radius 3 is 2.54 bits per heavy atom. The lowest BCUT2D eigenvalue weighted by Gasteiger charge is -2.18. The Kier molecular flexibility index (Phi) is 6.28. The number of rotatable bonds is 7. The molecule has 0 aliphatic heterocycles. The lowest BCUT2D eigenvalue weighted by Crippen LogP contribution is -2.20. The molecule has 8 heteroatoms. The molecule has 0 saturated heterocycles. The quantitative estimate of drug-likeness (QED) is 0.625. The van der Waals surface area contributed by atoms with Crippen molar-refractivity contribution >= 4 is 29.2 Å². The number of anilines is 3. The predicted octanol–water partition coefficient (Wildman–Crippen LogP) is 3.80. The van der Waals surface area contributed by atoms with Gasteiger partial charge in [-0.2, -0.15) is 15.0 Å². The van der Waals surface area contributed by atoms with Gasteiger partial charge in [-0.05, 0) is 44.3 Å². The monoisotopic (exact) mass is 398 g/mol. The van der Waals surface area contributed by atoms with Gasteiger partial charge in [-0.15, -0.1) is 0 Å². The molecule has 0 atom stereocenters. The average molecular weight is 399 g/mol. The van der Waals surface area contributed by atoms with Crippen LogP contribution in [0.5, 0.6) is 5.75 Å². The van der Waals surface area contributed by atoms with Crippen molar-refractivity contribution in [2.45, 2.75) is 20.0 Å². The average Bonchev–Trinajstić information content (AvgIpc) is 2.63. The molecule has 0 aliphatic carbocycles. The van der Waals surface area contributed by atoms with Crippen LogP contribution in [0, 0.1) is 6.92 Å². The minimum Gasteiger partial charge on any atom is -0.496 e. The molecule has 0 saturated carbocycles. The first-order chi connectivity index (χ1) is 13.4. The first-order valence-corrected chi connectivity index (χ1v) is 9.16. The predicted molar refractivity (Wildman–Crippen MR) is 112 cm³/mol. The van der Waals surface area contributed by atoms with Gasteiger partial charge in [0.2, 0.25) is 11.9 Å². The first-order valence-electron chi connectivity index (χ1n) is 8.78. The third-order valence-electron chi connectivity index (χ3n) is 4.09. The maximum Gasteiger partial charge on any atom is 0.232 e. The van der Waals surface area contributed by atoms with Crippen molar-refractivity contribution in [3.05, 3.63) is 64.4 Å². The van der Waals surface area contributed by atoms with Crippen molar-refractivity contribution in [2.75, 3.05) is 25.2 Å². The molecule has 0 fully saturated rings. The topological polar surface area (TPSA) is 89.2 Å². The van der Waals surface area contributed by atoms with Crippen molar-refractivity contribution in [3.63, 3.8) is 0 Å². The summed E-state index contributed by atoms with van der Waals surface area (Å²) < 4.78 is 5.46. The van der Waals surface area contributed by atoms with Crippen LogP contribution < -0.4 is 15.8 Å². The van der Waals surface area contributed by atoms with Gasteiger partial charge in [0.05, 0.1) is 13.7 Å². The van der Waals surface area contributed by atoms with Crippen molar-refractivity contribution in [3.8, 4) is 5.75 Å². The van der Waals surface area contributed by atoms with Crippen LogP contribution in [0.15, 0.2) is 42.5 Å². The molecule has 3 rings (SSSR count). The highest BCUT2D eigenvalue weighted by atomic mass is 35.5. The molecule has 28 heavy (non-hydrogen) atoms. The van der Waals surface area contributed by atoms with Crippen molar-refractivity contribution in [1.82, 2.24) is 19.9 Å². The van der Waals surface area contributed by atoms with Crippen LogP contribution in [0.2, 0.25) is 5.02 Å². The van der Waals surface area contributed by atoms with E-state index in [1.807, 2.05) is 31.3 Å². The second-order valence-corrected chi connectivity index (χ2v) is 6.99. The fraction of sp³-hybridized carbons (Fsp3) is 0.250. The van der Waals surface area contributed by atoms with Crippen LogP contribution in [0.3, 0.4) is 0 Å². The van der Waals surface area contributed by atoms with Gasteiger partial charge in [-0.1, -0.05) is 29.3 Å². The van der Waals surface area contributed by atoms with Crippen LogP contribution in [-0.2, 0) is 13.1 Å². The number of methoxy groups -OCH3 is 1. The van der Waals surface area contributed by atoms with Gasteiger partial charge >= 0.3 is 0 Å². The zero-order valence-corrected chi connectivity index (χ0v) is 16.9. The van der Waals surface area contributed by atoms with E-state index in [1.54, 1.807) is 19.2 Å². The molecule has 146 valence electrons. The number of nitrogen functional groups attached to an aromatic ring is 1. The van der Waals surface area contributed by atoms with E-state index in [1.165, 1.54) is 5.56 Å². The van der Waals surface area contributed by atoms with Gasteiger partial charge in [-0.3, -0.25) is 4.90 Å². The van der Waals surface area contributed by atoms with Gasteiger partial charge < -0.3 is 15.8 Å². The van der Waals surface area contributed by atoms with E-state index >= 15 is 0 Å². The molecular formula is C20H23ClN6O. The maximum absolute atomic E-state index is 5.92. The summed E-state index contributed by atoms with van der Waals surface area (Å²) >= 11 is 5.92. The van der Waals surface area contributed by atoms with Crippen LogP contribution >= 0.6 is 11.6 Å². The highest BCUT2D eigenvalue weighted by Gasteiger charge is 2.11. The molecular weight excluding hydrogens is 376 g/mol. The van der Waals surface area contributed by atoms with Gasteiger partial charge in [0.1, 0.15) is 11.6 Å². The van der Waals surface area contributed by atoms with Gasteiger partial charge in [-0.25, -0.2) is 0 Å². The van der Waals surface area contributed by atoms with E-state index in [4.69, 9.17) is 22.1 Å². The van der Waals surface area contributed by atoms with Crippen LogP contribution in [-0.4, -0.2) is 34.0 Å². The number of hydrogen-bond acceptors (Lipinski definition) is 7. The number of ether oxygens (including phenoxy) is 1. The second kappa shape index (κ2) is 8.86. The molecule has 3 N–H and O–H groups in total. The number of halogens is 1. The first kappa shape index (κ1) is 19.9. The van der Waals surface area contributed by atoms with E-state index in [9.17, 15) is 0 Å². The molecule has 1 heterocycles. The van der Waals surface area contributed by atoms with E-state index in [2.05, 4.69) is 38.2 Å². The largest absolute Gasteiger partial charge is 0.496 e. The summed E-state index contributed by atoms with van der Waals surface area (Å²) in [5.41, 5.74) is 8.97. The minimum absolute atomic E-state index is 0.169. The van der Waals surface area contributed by atoms with Crippen molar-refractivity contribution < 1.29 is 4.74 Å². The summed E-state index contributed by atoms with van der Waals surface area (Å²) in [6, 6.07) is 13.4. The van der Waals surface area contributed by atoms with Gasteiger partial charge in [0, 0.05) is 22.8 Å². The van der Waals surface area contributed by atoms with Gasteiger partial charge in [0.15, 0.2) is 0 Å². The SMILES string of the molecule is COc1ccc(C)cc1CN(C)Cc1nc(N)nc(Nc2ccc(Cl)cc2)n1. The summed E-state index contributed by atoms with van der Waals surface area (Å²) in [4.78, 5) is 15.0. The molecule has 3 aromatic rings. The molecule has 0 unspecified atom stereocenters. The highest BCUT2D eigenvalue weighted by molar-refractivity contribution is 6.30. The number of nitrogens with one attached hydrogen (secondary N) is 1. The molecule has 1 aromatic heterocycles. The number of aryl methyl sites for hydroxylation is 1. The van der Waals surface area contributed by atoms with Crippen LogP contribution in [0.4, 0.5) is 17.6 Å². The fourth-order valence-corrected chi connectivity index (χ4v) is 2.97. The Morgan fingerprint density at radius 1 is 1.07 bits per heavy atom. The highest BCUT2D eigenvalue weighted by Crippen LogP contribution is 2.22.